The molecule has 1 aromatic heterocycles. The van der Waals surface area contributed by atoms with Gasteiger partial charge in [0, 0.05) is 23.9 Å². The Morgan fingerprint density at radius 1 is 1.06 bits per heavy atom. The van der Waals surface area contributed by atoms with Gasteiger partial charge in [-0.05, 0) is 54.3 Å². The van der Waals surface area contributed by atoms with Crippen LogP contribution in [0.1, 0.15) is 40.0 Å². The Balaban J connectivity index is 1.46. The van der Waals surface area contributed by atoms with Gasteiger partial charge in [0.05, 0.1) is 18.8 Å². The zero-order valence-corrected chi connectivity index (χ0v) is 19.6. The molecule has 0 saturated heterocycles. The van der Waals surface area contributed by atoms with E-state index in [4.69, 9.17) is 10.5 Å². The first-order valence-electron chi connectivity index (χ1n) is 11.4. The summed E-state index contributed by atoms with van der Waals surface area (Å²) in [6.45, 7) is 5.46. The Hall–Kier alpha value is -3.90. The minimum Gasteiger partial charge on any atom is -0.492 e. The molecule has 4 aromatic rings. The van der Waals surface area contributed by atoms with E-state index < -0.39 is 0 Å². The lowest BCUT2D eigenvalue weighted by Gasteiger charge is -2.17. The topological polar surface area (TPSA) is 82.2 Å². The number of carbonyl (C=O) groups is 1. The van der Waals surface area contributed by atoms with Gasteiger partial charge in [-0.3, -0.25) is 9.48 Å². The molecule has 34 heavy (non-hydrogen) atoms. The molecule has 1 heterocycles. The molecular formula is C28H30N4O2. The summed E-state index contributed by atoms with van der Waals surface area (Å²) in [7, 11) is 0. The van der Waals surface area contributed by atoms with Crippen LogP contribution in [0.5, 0.6) is 5.75 Å². The van der Waals surface area contributed by atoms with Gasteiger partial charge in [-0.2, -0.15) is 5.10 Å². The molecule has 0 radical (unpaired) electrons. The van der Waals surface area contributed by atoms with Crippen LogP contribution in [0.25, 0.3) is 11.1 Å². The first-order valence-corrected chi connectivity index (χ1v) is 11.4. The van der Waals surface area contributed by atoms with Gasteiger partial charge in [-0.1, -0.05) is 54.6 Å². The lowest BCUT2D eigenvalue weighted by atomic mass is 10.0. The van der Waals surface area contributed by atoms with Crippen LogP contribution in [0, 0.1) is 6.92 Å². The van der Waals surface area contributed by atoms with E-state index in [1.54, 1.807) is 6.07 Å². The number of rotatable bonds is 9. The minimum absolute atomic E-state index is 0.135. The highest BCUT2D eigenvalue weighted by Gasteiger charge is 2.15. The summed E-state index contributed by atoms with van der Waals surface area (Å²) in [6, 6.07) is 23.8. The summed E-state index contributed by atoms with van der Waals surface area (Å²) in [4.78, 5) is 13.0. The third kappa shape index (κ3) is 5.71. The van der Waals surface area contributed by atoms with Gasteiger partial charge < -0.3 is 15.8 Å². The molecule has 0 spiro atoms. The van der Waals surface area contributed by atoms with Crippen molar-refractivity contribution in [2.45, 2.75) is 26.4 Å². The summed E-state index contributed by atoms with van der Waals surface area (Å²) >= 11 is 0. The van der Waals surface area contributed by atoms with E-state index in [1.807, 2.05) is 73.4 Å². The lowest BCUT2D eigenvalue weighted by Crippen LogP contribution is -2.27. The second-order valence-corrected chi connectivity index (χ2v) is 8.35. The zero-order valence-electron chi connectivity index (χ0n) is 19.6. The number of hydrogen-bond acceptors (Lipinski definition) is 4. The molecule has 1 atom stereocenters. The molecule has 0 aliphatic carbocycles. The Bertz CT molecular complexity index is 1250. The quantitative estimate of drug-likeness (QED) is 0.383. The van der Waals surface area contributed by atoms with Crippen molar-refractivity contribution in [1.82, 2.24) is 15.1 Å². The summed E-state index contributed by atoms with van der Waals surface area (Å²) < 4.78 is 7.52. The van der Waals surface area contributed by atoms with Crippen molar-refractivity contribution in [3.63, 3.8) is 0 Å². The summed E-state index contributed by atoms with van der Waals surface area (Å²) in [6.07, 6.45) is 3.92. The molecule has 0 aliphatic rings. The molecule has 6 nitrogen and oxygen atoms in total. The molecule has 0 unspecified atom stereocenters. The number of ether oxygens (including phenoxy) is 1. The Kier molecular flexibility index (Phi) is 7.40. The van der Waals surface area contributed by atoms with Crippen LogP contribution in [0.3, 0.4) is 0 Å². The van der Waals surface area contributed by atoms with Crippen LogP contribution in [-0.4, -0.2) is 28.8 Å². The number of benzene rings is 3. The summed E-state index contributed by atoms with van der Waals surface area (Å²) in [5.41, 5.74) is 11.3. The van der Waals surface area contributed by atoms with Crippen LogP contribution in [0.15, 0.2) is 85.2 Å². The maximum absolute atomic E-state index is 13.0. The van der Waals surface area contributed by atoms with E-state index in [-0.39, 0.29) is 11.9 Å². The van der Waals surface area contributed by atoms with Crippen molar-refractivity contribution < 1.29 is 9.53 Å². The van der Waals surface area contributed by atoms with Gasteiger partial charge in [0.2, 0.25) is 0 Å². The molecule has 6 heteroatoms. The minimum atomic E-state index is -0.167. The number of nitrogens with one attached hydrogen (secondary N) is 1. The zero-order chi connectivity index (χ0) is 23.9. The maximum Gasteiger partial charge on any atom is 0.252 e. The number of aryl methyl sites for hydroxylation is 1. The molecular weight excluding hydrogens is 424 g/mol. The molecule has 4 rings (SSSR count). The highest BCUT2D eigenvalue weighted by atomic mass is 16.5. The Labute approximate surface area is 200 Å². The molecule has 0 fully saturated rings. The third-order valence-corrected chi connectivity index (χ3v) is 5.73. The number of amides is 1. The maximum atomic E-state index is 13.0. The van der Waals surface area contributed by atoms with Gasteiger partial charge in [-0.25, -0.2) is 0 Å². The van der Waals surface area contributed by atoms with Gasteiger partial charge in [0.1, 0.15) is 12.4 Å². The second-order valence-electron chi connectivity index (χ2n) is 8.35. The number of hydrogen-bond donors (Lipinski definition) is 2. The predicted molar refractivity (Wildman–Crippen MR) is 135 cm³/mol. The van der Waals surface area contributed by atoms with Gasteiger partial charge in [0.15, 0.2) is 0 Å². The van der Waals surface area contributed by atoms with Crippen molar-refractivity contribution in [1.29, 1.82) is 0 Å². The standard InChI is InChI=1S/C28H30N4O2/c1-20-11-12-26(34-14-13-29)16-27(20)28(33)31-21(2)23-9-6-10-24(15-23)25-17-30-32(19-25)18-22-7-4-3-5-8-22/h3-12,15-17,19,21H,13-14,18,29H2,1-2H3,(H,31,33)/t21-/m1/s1. The van der Waals surface area contributed by atoms with Crippen LogP contribution in [-0.2, 0) is 6.54 Å². The van der Waals surface area contributed by atoms with E-state index in [1.165, 1.54) is 5.56 Å². The third-order valence-electron chi connectivity index (χ3n) is 5.73. The van der Waals surface area contributed by atoms with Crippen LogP contribution in [0.2, 0.25) is 0 Å². The van der Waals surface area contributed by atoms with E-state index in [0.29, 0.717) is 24.5 Å². The van der Waals surface area contributed by atoms with Gasteiger partial charge in [-0.15, -0.1) is 0 Å². The fourth-order valence-corrected chi connectivity index (χ4v) is 3.83. The first kappa shape index (κ1) is 23.3. The largest absolute Gasteiger partial charge is 0.492 e. The van der Waals surface area contributed by atoms with Crippen molar-refractivity contribution in [2.75, 3.05) is 13.2 Å². The van der Waals surface area contributed by atoms with Crippen LogP contribution < -0.4 is 15.8 Å². The van der Waals surface area contributed by atoms with Gasteiger partial charge >= 0.3 is 0 Å². The highest BCUT2D eigenvalue weighted by molar-refractivity contribution is 5.96. The highest BCUT2D eigenvalue weighted by Crippen LogP contribution is 2.24. The molecule has 3 aromatic carbocycles. The van der Waals surface area contributed by atoms with Crippen molar-refractivity contribution >= 4 is 5.91 Å². The summed E-state index contributed by atoms with van der Waals surface area (Å²) in [5, 5.41) is 7.63. The number of nitrogens with two attached hydrogens (primary N) is 1. The molecule has 0 aliphatic heterocycles. The number of nitrogens with zero attached hydrogens (tertiary/aromatic N) is 2. The van der Waals surface area contributed by atoms with Crippen LogP contribution in [0.4, 0.5) is 0 Å². The molecule has 3 N–H and O–H groups in total. The molecule has 0 bridgehead atoms. The fraction of sp³-hybridized carbons (Fsp3) is 0.214. The SMILES string of the molecule is Cc1ccc(OCCN)cc1C(=O)N[C@H](C)c1cccc(-c2cnn(Cc3ccccc3)c2)c1. The number of aromatic nitrogens is 2. The van der Waals surface area contributed by atoms with E-state index in [0.717, 1.165) is 28.8 Å². The van der Waals surface area contributed by atoms with Crippen molar-refractivity contribution in [2.24, 2.45) is 5.73 Å². The van der Waals surface area contributed by atoms with Gasteiger partial charge in [0.25, 0.3) is 5.91 Å². The molecule has 174 valence electrons. The average Bonchev–Trinajstić information content (AvgIpc) is 3.32. The Morgan fingerprint density at radius 3 is 2.68 bits per heavy atom. The van der Waals surface area contributed by atoms with Crippen molar-refractivity contribution in [3.8, 4) is 16.9 Å². The lowest BCUT2D eigenvalue weighted by molar-refractivity contribution is 0.0939. The predicted octanol–water partition coefficient (Wildman–Crippen LogP) is 4.74. The van der Waals surface area contributed by atoms with Crippen LogP contribution >= 0.6 is 0 Å². The first-order chi connectivity index (χ1) is 16.5. The van der Waals surface area contributed by atoms with Crippen molar-refractivity contribution in [3.05, 3.63) is 107 Å². The van der Waals surface area contributed by atoms with E-state index in [2.05, 4.69) is 34.7 Å². The fourth-order valence-electron chi connectivity index (χ4n) is 3.83. The normalized spacial score (nSPS) is 11.7. The molecule has 1 amide bonds. The monoisotopic (exact) mass is 454 g/mol. The molecule has 0 saturated carbocycles. The number of carbonyl (C=O) groups excluding carboxylic acids is 1. The summed E-state index contributed by atoms with van der Waals surface area (Å²) in [5.74, 6) is 0.507. The Morgan fingerprint density at radius 2 is 1.88 bits per heavy atom. The smallest absolute Gasteiger partial charge is 0.252 e. The second kappa shape index (κ2) is 10.8. The van der Waals surface area contributed by atoms with E-state index >= 15 is 0 Å². The van der Waals surface area contributed by atoms with E-state index in [9.17, 15) is 4.79 Å². The average molecular weight is 455 g/mol.